The second-order valence-corrected chi connectivity index (χ2v) is 5.05. The fraction of sp³-hybridized carbons (Fsp3) is 0.333. The van der Waals surface area contributed by atoms with Crippen molar-refractivity contribution < 1.29 is 9.59 Å². The molecular formula is C12H14BrN3O2. The SMILES string of the molecule is Nc1cc(C(=O)NC2CCCNC2=O)ccc1Br. The average Bonchev–Trinajstić information content (AvgIpc) is 2.35. The molecule has 96 valence electrons. The summed E-state index contributed by atoms with van der Waals surface area (Å²) in [6.07, 6.45) is 1.54. The lowest BCUT2D eigenvalue weighted by molar-refractivity contribution is -0.124. The molecule has 1 fully saturated rings. The van der Waals surface area contributed by atoms with E-state index in [1.165, 1.54) is 0 Å². The van der Waals surface area contributed by atoms with Crippen molar-refractivity contribution in [1.82, 2.24) is 10.6 Å². The smallest absolute Gasteiger partial charge is 0.252 e. The molecule has 0 radical (unpaired) electrons. The largest absolute Gasteiger partial charge is 0.398 e. The van der Waals surface area contributed by atoms with Gasteiger partial charge in [0, 0.05) is 22.3 Å². The third-order valence-electron chi connectivity index (χ3n) is 2.85. The molecule has 4 N–H and O–H groups in total. The summed E-state index contributed by atoms with van der Waals surface area (Å²) >= 11 is 3.27. The third kappa shape index (κ3) is 2.81. The molecule has 2 amide bonds. The Balaban J connectivity index is 2.07. The number of hydrogen-bond donors (Lipinski definition) is 3. The van der Waals surface area contributed by atoms with Crippen LogP contribution in [0.1, 0.15) is 23.2 Å². The van der Waals surface area contributed by atoms with E-state index in [0.29, 0.717) is 24.2 Å². The van der Waals surface area contributed by atoms with Crippen molar-refractivity contribution in [1.29, 1.82) is 0 Å². The van der Waals surface area contributed by atoms with Gasteiger partial charge in [-0.2, -0.15) is 0 Å². The summed E-state index contributed by atoms with van der Waals surface area (Å²) in [4.78, 5) is 23.5. The number of nitrogens with one attached hydrogen (secondary N) is 2. The summed E-state index contributed by atoms with van der Waals surface area (Å²) in [6.45, 7) is 0.677. The maximum atomic E-state index is 12.0. The second-order valence-electron chi connectivity index (χ2n) is 4.20. The van der Waals surface area contributed by atoms with Crippen molar-refractivity contribution in [2.24, 2.45) is 0 Å². The van der Waals surface area contributed by atoms with Crippen LogP contribution in [0.3, 0.4) is 0 Å². The quantitative estimate of drug-likeness (QED) is 0.714. The van der Waals surface area contributed by atoms with Crippen LogP contribution in [0.4, 0.5) is 5.69 Å². The molecular weight excluding hydrogens is 298 g/mol. The summed E-state index contributed by atoms with van der Waals surface area (Å²) < 4.78 is 0.745. The van der Waals surface area contributed by atoms with Crippen LogP contribution in [0.15, 0.2) is 22.7 Å². The van der Waals surface area contributed by atoms with E-state index in [-0.39, 0.29) is 11.8 Å². The topological polar surface area (TPSA) is 84.2 Å². The van der Waals surface area contributed by atoms with Gasteiger partial charge >= 0.3 is 0 Å². The van der Waals surface area contributed by atoms with Crippen molar-refractivity contribution in [2.45, 2.75) is 18.9 Å². The van der Waals surface area contributed by atoms with Crippen LogP contribution in [0, 0.1) is 0 Å². The van der Waals surface area contributed by atoms with E-state index in [9.17, 15) is 9.59 Å². The van der Waals surface area contributed by atoms with Gasteiger partial charge in [-0.3, -0.25) is 9.59 Å². The number of anilines is 1. The predicted molar refractivity (Wildman–Crippen MR) is 72.1 cm³/mol. The van der Waals surface area contributed by atoms with Crippen LogP contribution in [0.5, 0.6) is 0 Å². The molecule has 1 aliphatic rings. The molecule has 1 unspecified atom stereocenters. The fourth-order valence-corrected chi connectivity index (χ4v) is 2.08. The maximum absolute atomic E-state index is 12.0. The Bertz CT molecular complexity index is 490. The molecule has 0 aliphatic carbocycles. The third-order valence-corrected chi connectivity index (χ3v) is 3.57. The van der Waals surface area contributed by atoms with Gasteiger partial charge in [0.2, 0.25) is 5.91 Å². The normalized spacial score (nSPS) is 19.2. The Morgan fingerprint density at radius 1 is 1.50 bits per heavy atom. The Kier molecular flexibility index (Phi) is 3.86. The highest BCUT2D eigenvalue weighted by Gasteiger charge is 2.24. The van der Waals surface area contributed by atoms with Crippen LogP contribution in [0.2, 0.25) is 0 Å². The average molecular weight is 312 g/mol. The Labute approximate surface area is 113 Å². The zero-order valence-corrected chi connectivity index (χ0v) is 11.3. The molecule has 1 atom stereocenters. The van der Waals surface area contributed by atoms with Gasteiger partial charge in [-0.05, 0) is 47.0 Å². The number of amides is 2. The molecule has 6 heteroatoms. The fourth-order valence-electron chi connectivity index (χ4n) is 1.84. The second kappa shape index (κ2) is 5.39. The molecule has 1 saturated heterocycles. The first-order valence-corrected chi connectivity index (χ1v) is 6.51. The van der Waals surface area contributed by atoms with Crippen LogP contribution in [-0.2, 0) is 4.79 Å². The van der Waals surface area contributed by atoms with Crippen molar-refractivity contribution >= 4 is 33.4 Å². The van der Waals surface area contributed by atoms with Gasteiger partial charge in [-0.25, -0.2) is 0 Å². The zero-order chi connectivity index (χ0) is 13.1. The summed E-state index contributed by atoms with van der Waals surface area (Å²) in [5.41, 5.74) is 6.66. The minimum Gasteiger partial charge on any atom is -0.398 e. The predicted octanol–water partition coefficient (Wildman–Crippen LogP) is 1.04. The first-order valence-electron chi connectivity index (χ1n) is 5.71. The first kappa shape index (κ1) is 12.9. The van der Waals surface area contributed by atoms with Gasteiger partial charge in [-0.15, -0.1) is 0 Å². The van der Waals surface area contributed by atoms with Crippen LogP contribution < -0.4 is 16.4 Å². The molecule has 1 aliphatic heterocycles. The monoisotopic (exact) mass is 311 g/mol. The van der Waals surface area contributed by atoms with Crippen LogP contribution in [-0.4, -0.2) is 24.4 Å². The molecule has 1 aromatic rings. The van der Waals surface area contributed by atoms with Gasteiger partial charge in [-0.1, -0.05) is 0 Å². The number of nitrogen functional groups attached to an aromatic ring is 1. The zero-order valence-electron chi connectivity index (χ0n) is 9.70. The van der Waals surface area contributed by atoms with E-state index in [0.717, 1.165) is 10.9 Å². The van der Waals surface area contributed by atoms with Gasteiger partial charge in [0.1, 0.15) is 6.04 Å². The highest BCUT2D eigenvalue weighted by molar-refractivity contribution is 9.10. The number of rotatable bonds is 2. The Morgan fingerprint density at radius 2 is 2.28 bits per heavy atom. The highest BCUT2D eigenvalue weighted by atomic mass is 79.9. The minimum absolute atomic E-state index is 0.125. The molecule has 1 heterocycles. The van der Waals surface area contributed by atoms with E-state index >= 15 is 0 Å². The summed E-state index contributed by atoms with van der Waals surface area (Å²) in [5, 5.41) is 5.43. The Morgan fingerprint density at radius 3 is 2.94 bits per heavy atom. The van der Waals surface area contributed by atoms with Crippen molar-refractivity contribution in [3.8, 4) is 0 Å². The number of benzene rings is 1. The van der Waals surface area contributed by atoms with E-state index in [1.54, 1.807) is 18.2 Å². The van der Waals surface area contributed by atoms with E-state index in [2.05, 4.69) is 26.6 Å². The van der Waals surface area contributed by atoms with Gasteiger partial charge in [0.15, 0.2) is 0 Å². The lowest BCUT2D eigenvalue weighted by Crippen LogP contribution is -2.50. The lowest BCUT2D eigenvalue weighted by Gasteiger charge is -2.22. The molecule has 18 heavy (non-hydrogen) atoms. The maximum Gasteiger partial charge on any atom is 0.252 e. The van der Waals surface area contributed by atoms with Gasteiger partial charge in [0.25, 0.3) is 5.91 Å². The summed E-state index contributed by atoms with van der Waals surface area (Å²) in [6, 6.07) is 4.51. The van der Waals surface area contributed by atoms with Crippen molar-refractivity contribution in [3.05, 3.63) is 28.2 Å². The number of halogens is 1. The molecule has 0 bridgehead atoms. The molecule has 5 nitrogen and oxygen atoms in total. The lowest BCUT2D eigenvalue weighted by atomic mass is 10.1. The molecule has 0 aromatic heterocycles. The van der Waals surface area contributed by atoms with Gasteiger partial charge in [0.05, 0.1) is 0 Å². The van der Waals surface area contributed by atoms with Crippen LogP contribution >= 0.6 is 15.9 Å². The van der Waals surface area contributed by atoms with E-state index < -0.39 is 6.04 Å². The van der Waals surface area contributed by atoms with Crippen molar-refractivity contribution in [3.63, 3.8) is 0 Å². The summed E-state index contributed by atoms with van der Waals surface area (Å²) in [5.74, 6) is -0.407. The molecule has 1 aromatic carbocycles. The van der Waals surface area contributed by atoms with E-state index in [4.69, 9.17) is 5.73 Å². The molecule has 0 spiro atoms. The standard InChI is InChI=1S/C12H14BrN3O2/c13-8-4-3-7(6-9(8)14)11(17)16-10-2-1-5-15-12(10)18/h3-4,6,10H,1-2,5,14H2,(H,15,18)(H,16,17). The molecule has 0 saturated carbocycles. The minimum atomic E-state index is -0.448. The number of carbonyl (C=O) groups is 2. The number of nitrogens with two attached hydrogens (primary N) is 1. The number of piperidine rings is 1. The molecule has 2 rings (SSSR count). The Hall–Kier alpha value is -1.56. The number of carbonyl (C=O) groups excluding carboxylic acids is 2. The summed E-state index contributed by atoms with van der Waals surface area (Å²) in [7, 11) is 0. The first-order chi connectivity index (χ1) is 8.58. The van der Waals surface area contributed by atoms with Gasteiger partial charge < -0.3 is 16.4 Å². The highest BCUT2D eigenvalue weighted by Crippen LogP contribution is 2.20. The van der Waals surface area contributed by atoms with Crippen molar-refractivity contribution in [2.75, 3.05) is 12.3 Å². The van der Waals surface area contributed by atoms with E-state index in [1.807, 2.05) is 0 Å². The number of hydrogen-bond acceptors (Lipinski definition) is 3. The van der Waals surface area contributed by atoms with Crippen LogP contribution in [0.25, 0.3) is 0 Å².